The first-order valence-electron chi connectivity index (χ1n) is 8.84. The molecule has 0 aromatic heterocycles. The van der Waals surface area contributed by atoms with Crippen molar-refractivity contribution in [2.75, 3.05) is 43.6 Å². The highest BCUT2D eigenvalue weighted by atomic mass is 16.5. The Bertz CT molecular complexity index is 817. The molecule has 7 nitrogen and oxygen atoms in total. The van der Waals surface area contributed by atoms with Crippen molar-refractivity contribution in [2.24, 2.45) is 5.10 Å². The first-order valence-corrected chi connectivity index (χ1v) is 8.84. The largest absolute Gasteiger partial charge is 0.495 e. The van der Waals surface area contributed by atoms with E-state index in [0.717, 1.165) is 37.4 Å². The first-order chi connectivity index (χ1) is 13.2. The molecule has 3 rings (SSSR count). The molecule has 1 aliphatic heterocycles. The summed E-state index contributed by atoms with van der Waals surface area (Å²) in [6.45, 7) is 5.34. The Morgan fingerprint density at radius 1 is 1.22 bits per heavy atom. The number of hydrogen-bond donors (Lipinski definition) is 2. The van der Waals surface area contributed by atoms with E-state index in [0.29, 0.717) is 11.4 Å². The van der Waals surface area contributed by atoms with Crippen LogP contribution in [0.4, 0.5) is 16.2 Å². The molecule has 1 fully saturated rings. The maximum Gasteiger partial charge on any atom is 0.339 e. The molecule has 7 heteroatoms. The number of methoxy groups -OCH3 is 1. The summed E-state index contributed by atoms with van der Waals surface area (Å²) >= 11 is 0. The number of ether oxygens (including phenoxy) is 2. The Balaban J connectivity index is 1.58. The topological polar surface area (TPSA) is 75.2 Å². The van der Waals surface area contributed by atoms with Gasteiger partial charge in [0.1, 0.15) is 5.75 Å². The zero-order valence-electron chi connectivity index (χ0n) is 15.6. The molecule has 0 aliphatic carbocycles. The standard InChI is InChI=1S/C20H24N4O3/c1-15-13-17(24-9-11-27-12-10-24)8-7-16(15)14-21-23-20(25)22-18-5-3-4-6-19(18)26-2/h3-8,13-14H,9-12H2,1-2H3,(H2,22,23,25)/b21-14+. The Morgan fingerprint density at radius 3 is 2.74 bits per heavy atom. The van der Waals surface area contributed by atoms with E-state index in [9.17, 15) is 4.79 Å². The maximum atomic E-state index is 12.0. The van der Waals surface area contributed by atoms with Crippen molar-refractivity contribution in [3.05, 3.63) is 53.6 Å². The van der Waals surface area contributed by atoms with Gasteiger partial charge in [-0.3, -0.25) is 0 Å². The van der Waals surface area contributed by atoms with Gasteiger partial charge < -0.3 is 19.7 Å². The van der Waals surface area contributed by atoms with Gasteiger partial charge in [0, 0.05) is 18.8 Å². The van der Waals surface area contributed by atoms with E-state index >= 15 is 0 Å². The number of rotatable bonds is 5. The second-order valence-corrected chi connectivity index (χ2v) is 6.16. The highest BCUT2D eigenvalue weighted by Gasteiger charge is 2.11. The van der Waals surface area contributed by atoms with Gasteiger partial charge in [0.2, 0.25) is 0 Å². The lowest BCUT2D eigenvalue weighted by atomic mass is 10.1. The Kier molecular flexibility index (Phi) is 6.27. The third-order valence-electron chi connectivity index (χ3n) is 4.35. The summed E-state index contributed by atoms with van der Waals surface area (Å²) in [7, 11) is 1.56. The number of benzene rings is 2. The van der Waals surface area contributed by atoms with Crippen LogP contribution in [0.3, 0.4) is 0 Å². The van der Waals surface area contributed by atoms with Crippen molar-refractivity contribution >= 4 is 23.6 Å². The highest BCUT2D eigenvalue weighted by molar-refractivity contribution is 5.92. The number of hydrogen-bond acceptors (Lipinski definition) is 5. The average Bonchev–Trinajstić information content (AvgIpc) is 2.70. The number of hydrazone groups is 1. The molecule has 0 bridgehead atoms. The molecule has 2 amide bonds. The zero-order chi connectivity index (χ0) is 19.1. The Hall–Kier alpha value is -3.06. The van der Waals surface area contributed by atoms with Crippen LogP contribution in [0.1, 0.15) is 11.1 Å². The van der Waals surface area contributed by atoms with Gasteiger partial charge in [0.15, 0.2) is 0 Å². The fourth-order valence-electron chi connectivity index (χ4n) is 2.88. The molecule has 1 heterocycles. The van der Waals surface area contributed by atoms with Crippen molar-refractivity contribution in [1.82, 2.24) is 5.43 Å². The molecular formula is C20H24N4O3. The molecule has 0 unspecified atom stereocenters. The normalized spacial score (nSPS) is 14.2. The third-order valence-corrected chi connectivity index (χ3v) is 4.35. The lowest BCUT2D eigenvalue weighted by Gasteiger charge is -2.29. The predicted octanol–water partition coefficient (Wildman–Crippen LogP) is 3.00. The van der Waals surface area contributed by atoms with Gasteiger partial charge in [0.25, 0.3) is 0 Å². The third kappa shape index (κ3) is 4.98. The lowest BCUT2D eigenvalue weighted by Crippen LogP contribution is -2.36. The van der Waals surface area contributed by atoms with Crippen LogP contribution in [0.15, 0.2) is 47.6 Å². The zero-order valence-corrected chi connectivity index (χ0v) is 15.6. The number of anilines is 2. The molecule has 0 spiro atoms. The smallest absolute Gasteiger partial charge is 0.339 e. The van der Waals surface area contributed by atoms with Crippen LogP contribution in [-0.2, 0) is 4.74 Å². The summed E-state index contributed by atoms with van der Waals surface area (Å²) in [4.78, 5) is 14.3. The van der Waals surface area contributed by atoms with Crippen molar-refractivity contribution in [1.29, 1.82) is 0 Å². The van der Waals surface area contributed by atoms with E-state index in [4.69, 9.17) is 9.47 Å². The number of carbonyl (C=O) groups excluding carboxylic acids is 1. The Morgan fingerprint density at radius 2 is 2.00 bits per heavy atom. The van der Waals surface area contributed by atoms with Gasteiger partial charge in [-0.15, -0.1) is 0 Å². The molecule has 0 saturated carbocycles. The van der Waals surface area contributed by atoms with E-state index < -0.39 is 6.03 Å². The quantitative estimate of drug-likeness (QED) is 0.628. The molecule has 27 heavy (non-hydrogen) atoms. The number of morpholine rings is 1. The van der Waals surface area contributed by atoms with Crippen LogP contribution in [0.25, 0.3) is 0 Å². The summed E-state index contributed by atoms with van der Waals surface area (Å²) in [6.07, 6.45) is 1.64. The van der Waals surface area contributed by atoms with E-state index in [1.54, 1.807) is 25.5 Å². The summed E-state index contributed by atoms with van der Waals surface area (Å²) in [5.74, 6) is 0.589. The van der Waals surface area contributed by atoms with E-state index in [1.165, 1.54) is 5.69 Å². The lowest BCUT2D eigenvalue weighted by molar-refractivity contribution is 0.122. The van der Waals surface area contributed by atoms with Gasteiger partial charge in [-0.25, -0.2) is 10.2 Å². The SMILES string of the molecule is COc1ccccc1NC(=O)N/N=C/c1ccc(N2CCOCC2)cc1C. The number of carbonyl (C=O) groups is 1. The predicted molar refractivity (Wildman–Crippen MR) is 107 cm³/mol. The number of aryl methyl sites for hydroxylation is 1. The van der Waals surface area contributed by atoms with Crippen LogP contribution in [0, 0.1) is 6.92 Å². The second-order valence-electron chi connectivity index (χ2n) is 6.16. The summed E-state index contributed by atoms with van der Waals surface area (Å²) < 4.78 is 10.6. The van der Waals surface area contributed by atoms with E-state index in [-0.39, 0.29) is 0 Å². The molecule has 0 atom stereocenters. The average molecular weight is 368 g/mol. The second kappa shape index (κ2) is 9.05. The van der Waals surface area contributed by atoms with Crippen molar-refractivity contribution in [3.63, 3.8) is 0 Å². The number of amides is 2. The van der Waals surface area contributed by atoms with Crippen LogP contribution in [0.2, 0.25) is 0 Å². The van der Waals surface area contributed by atoms with Gasteiger partial charge in [-0.1, -0.05) is 18.2 Å². The van der Waals surface area contributed by atoms with Crippen LogP contribution < -0.4 is 20.4 Å². The number of para-hydroxylation sites is 2. The van der Waals surface area contributed by atoms with Crippen LogP contribution >= 0.6 is 0 Å². The van der Waals surface area contributed by atoms with Gasteiger partial charge >= 0.3 is 6.03 Å². The minimum absolute atomic E-state index is 0.432. The molecule has 2 N–H and O–H groups in total. The van der Waals surface area contributed by atoms with Crippen molar-refractivity contribution in [3.8, 4) is 5.75 Å². The molecule has 2 aromatic rings. The highest BCUT2D eigenvalue weighted by Crippen LogP contribution is 2.22. The van der Waals surface area contributed by atoms with E-state index in [2.05, 4.69) is 32.9 Å². The summed E-state index contributed by atoms with van der Waals surface area (Å²) in [6, 6.07) is 13.0. The van der Waals surface area contributed by atoms with E-state index in [1.807, 2.05) is 25.1 Å². The minimum Gasteiger partial charge on any atom is -0.495 e. The van der Waals surface area contributed by atoms with Gasteiger partial charge in [-0.2, -0.15) is 5.10 Å². The van der Waals surface area contributed by atoms with Crippen LogP contribution in [0.5, 0.6) is 5.75 Å². The molecule has 1 saturated heterocycles. The van der Waals surface area contributed by atoms with Gasteiger partial charge in [0.05, 0.1) is 32.2 Å². The van der Waals surface area contributed by atoms with Crippen molar-refractivity contribution in [2.45, 2.75) is 6.92 Å². The fraction of sp³-hybridized carbons (Fsp3) is 0.300. The van der Waals surface area contributed by atoms with Crippen molar-refractivity contribution < 1.29 is 14.3 Å². The maximum absolute atomic E-state index is 12.0. The Labute approximate surface area is 159 Å². The fourth-order valence-corrected chi connectivity index (χ4v) is 2.88. The summed E-state index contributed by atoms with van der Waals surface area (Å²) in [5.41, 5.74) is 6.27. The number of urea groups is 1. The molecular weight excluding hydrogens is 344 g/mol. The minimum atomic E-state index is -0.432. The molecule has 142 valence electrons. The monoisotopic (exact) mass is 368 g/mol. The number of nitrogens with one attached hydrogen (secondary N) is 2. The van der Waals surface area contributed by atoms with Crippen LogP contribution in [-0.4, -0.2) is 45.7 Å². The molecule has 1 aliphatic rings. The van der Waals surface area contributed by atoms with Gasteiger partial charge in [-0.05, 0) is 42.3 Å². The molecule has 2 aromatic carbocycles. The summed E-state index contributed by atoms with van der Waals surface area (Å²) in [5, 5.41) is 6.74. The number of nitrogens with zero attached hydrogens (tertiary/aromatic N) is 2. The molecule has 0 radical (unpaired) electrons. The first kappa shape index (κ1) is 18.7.